The van der Waals surface area contributed by atoms with Crippen LogP contribution >= 0.6 is 0 Å². The number of hydrogen-bond acceptors (Lipinski definition) is 1. The molecule has 2 nitrogen and oxygen atoms in total. The summed E-state index contributed by atoms with van der Waals surface area (Å²) in [4.78, 5) is 0. The van der Waals surface area contributed by atoms with Crippen LogP contribution in [-0.2, 0) is 0 Å². The molecule has 0 saturated heterocycles. The van der Waals surface area contributed by atoms with Crippen molar-refractivity contribution in [3.8, 4) is 0 Å². The molecule has 1 aromatic heterocycles. The molecule has 0 aromatic carbocycles. The van der Waals surface area contributed by atoms with Gasteiger partial charge in [0.2, 0.25) is 0 Å². The molecule has 1 heterocycles. The summed E-state index contributed by atoms with van der Waals surface area (Å²) in [5, 5.41) is 6.88. The SMILES string of the molecule is C=C/C(=C\c1cn[nH]c1C=C)C(C)(C)C. The van der Waals surface area contributed by atoms with Crippen molar-refractivity contribution < 1.29 is 0 Å². The van der Waals surface area contributed by atoms with Gasteiger partial charge in [0.15, 0.2) is 0 Å². The molecule has 80 valence electrons. The maximum atomic E-state index is 3.99. The number of nitrogens with one attached hydrogen (secondary N) is 1. The number of aromatic amines is 1. The van der Waals surface area contributed by atoms with Crippen molar-refractivity contribution in [3.05, 3.63) is 42.3 Å². The molecule has 15 heavy (non-hydrogen) atoms. The third-order valence-corrected chi connectivity index (χ3v) is 2.30. The van der Waals surface area contributed by atoms with Crippen LogP contribution in [0.1, 0.15) is 32.0 Å². The molecule has 0 atom stereocenters. The average molecular weight is 202 g/mol. The lowest BCUT2D eigenvalue weighted by atomic mass is 9.85. The van der Waals surface area contributed by atoms with E-state index in [2.05, 4.69) is 50.2 Å². The van der Waals surface area contributed by atoms with Gasteiger partial charge in [0.25, 0.3) is 0 Å². The second kappa shape index (κ2) is 4.30. The summed E-state index contributed by atoms with van der Waals surface area (Å²) in [7, 11) is 0. The summed E-state index contributed by atoms with van der Waals surface area (Å²) < 4.78 is 0. The van der Waals surface area contributed by atoms with Gasteiger partial charge < -0.3 is 0 Å². The molecule has 0 aliphatic heterocycles. The molecule has 0 unspecified atom stereocenters. The Kier molecular flexibility index (Phi) is 3.30. The molecule has 0 bridgehead atoms. The quantitative estimate of drug-likeness (QED) is 0.744. The second-order valence-corrected chi connectivity index (χ2v) is 4.50. The molecule has 0 aliphatic carbocycles. The van der Waals surface area contributed by atoms with E-state index in [0.29, 0.717) is 0 Å². The van der Waals surface area contributed by atoms with Crippen molar-refractivity contribution >= 4 is 12.2 Å². The summed E-state index contributed by atoms with van der Waals surface area (Å²) in [5.41, 5.74) is 3.28. The average Bonchev–Trinajstić information content (AvgIpc) is 2.59. The number of H-pyrrole nitrogens is 1. The van der Waals surface area contributed by atoms with E-state index in [1.165, 1.54) is 5.57 Å². The number of nitrogens with zero attached hydrogens (tertiary/aromatic N) is 1. The standard InChI is InChI=1S/C13H18N2/c1-6-11(13(3,4)5)8-10-9-14-15-12(10)7-2/h6-9H,1-2H2,3-5H3,(H,14,15)/b11-8+. The molecule has 0 spiro atoms. The lowest BCUT2D eigenvalue weighted by Gasteiger charge is -2.19. The Morgan fingerprint density at radius 3 is 2.53 bits per heavy atom. The fourth-order valence-corrected chi connectivity index (χ4v) is 1.33. The Morgan fingerprint density at radius 1 is 1.40 bits per heavy atom. The molecular weight excluding hydrogens is 184 g/mol. The number of aromatic nitrogens is 2. The fourth-order valence-electron chi connectivity index (χ4n) is 1.33. The van der Waals surface area contributed by atoms with E-state index in [4.69, 9.17) is 0 Å². The minimum absolute atomic E-state index is 0.0947. The van der Waals surface area contributed by atoms with Gasteiger partial charge in [0.1, 0.15) is 0 Å². The molecule has 0 aliphatic rings. The second-order valence-electron chi connectivity index (χ2n) is 4.50. The maximum Gasteiger partial charge on any atom is 0.0644 e. The smallest absolute Gasteiger partial charge is 0.0644 e. The first-order valence-electron chi connectivity index (χ1n) is 4.99. The van der Waals surface area contributed by atoms with Crippen LogP contribution in [0.5, 0.6) is 0 Å². The van der Waals surface area contributed by atoms with Crippen LogP contribution in [0.3, 0.4) is 0 Å². The lowest BCUT2D eigenvalue weighted by Crippen LogP contribution is -2.06. The highest BCUT2D eigenvalue weighted by atomic mass is 15.1. The molecule has 0 radical (unpaired) electrons. The van der Waals surface area contributed by atoms with E-state index in [1.54, 1.807) is 12.3 Å². The molecule has 1 N–H and O–H groups in total. The zero-order chi connectivity index (χ0) is 11.5. The summed E-state index contributed by atoms with van der Waals surface area (Å²) in [6.07, 6.45) is 7.54. The van der Waals surface area contributed by atoms with Gasteiger partial charge in [0, 0.05) is 5.56 Å². The van der Waals surface area contributed by atoms with Gasteiger partial charge in [-0.3, -0.25) is 5.10 Å². The van der Waals surface area contributed by atoms with Crippen LogP contribution in [0.15, 0.2) is 31.0 Å². The Bertz CT molecular complexity index is 389. The molecule has 2 heteroatoms. The highest BCUT2D eigenvalue weighted by Crippen LogP contribution is 2.28. The molecule has 0 saturated carbocycles. The van der Waals surface area contributed by atoms with Crippen LogP contribution in [0.2, 0.25) is 0 Å². The van der Waals surface area contributed by atoms with E-state index in [9.17, 15) is 0 Å². The van der Waals surface area contributed by atoms with Crippen molar-refractivity contribution in [1.29, 1.82) is 0 Å². The van der Waals surface area contributed by atoms with Crippen LogP contribution in [-0.4, -0.2) is 10.2 Å². The van der Waals surface area contributed by atoms with Gasteiger partial charge in [-0.15, -0.1) is 0 Å². The fraction of sp³-hybridized carbons (Fsp3) is 0.308. The first-order valence-corrected chi connectivity index (χ1v) is 4.99. The highest BCUT2D eigenvalue weighted by molar-refractivity contribution is 5.64. The Morgan fingerprint density at radius 2 is 2.07 bits per heavy atom. The van der Waals surface area contributed by atoms with Crippen molar-refractivity contribution in [1.82, 2.24) is 10.2 Å². The third kappa shape index (κ3) is 2.69. The van der Waals surface area contributed by atoms with E-state index >= 15 is 0 Å². The van der Waals surface area contributed by atoms with Gasteiger partial charge in [-0.25, -0.2) is 0 Å². The molecule has 1 rings (SSSR count). The van der Waals surface area contributed by atoms with Crippen molar-refractivity contribution in [3.63, 3.8) is 0 Å². The summed E-state index contributed by atoms with van der Waals surface area (Å²) in [6, 6.07) is 0. The minimum Gasteiger partial charge on any atom is -0.278 e. The van der Waals surface area contributed by atoms with Crippen LogP contribution in [0.4, 0.5) is 0 Å². The molecular formula is C13H18N2. The largest absolute Gasteiger partial charge is 0.278 e. The van der Waals surface area contributed by atoms with Gasteiger partial charge >= 0.3 is 0 Å². The predicted octanol–water partition coefficient (Wildman–Crippen LogP) is 3.67. The van der Waals surface area contributed by atoms with Gasteiger partial charge in [-0.1, -0.05) is 40.0 Å². The Balaban J connectivity index is 3.14. The normalized spacial score (nSPS) is 12.6. The lowest BCUT2D eigenvalue weighted by molar-refractivity contribution is 0.521. The van der Waals surface area contributed by atoms with Crippen molar-refractivity contribution in [2.24, 2.45) is 5.41 Å². The van der Waals surface area contributed by atoms with Crippen LogP contribution in [0.25, 0.3) is 12.2 Å². The van der Waals surface area contributed by atoms with Gasteiger partial charge in [-0.2, -0.15) is 5.10 Å². The topological polar surface area (TPSA) is 28.7 Å². The van der Waals surface area contributed by atoms with E-state index in [-0.39, 0.29) is 5.41 Å². The first-order chi connectivity index (χ1) is 6.99. The number of allylic oxidation sites excluding steroid dienone is 2. The molecule has 1 aromatic rings. The van der Waals surface area contributed by atoms with Crippen molar-refractivity contribution in [2.45, 2.75) is 20.8 Å². The Labute approximate surface area is 91.4 Å². The number of hydrogen-bond donors (Lipinski definition) is 1. The van der Waals surface area contributed by atoms with Crippen LogP contribution in [0, 0.1) is 5.41 Å². The van der Waals surface area contributed by atoms with Crippen molar-refractivity contribution in [2.75, 3.05) is 0 Å². The number of rotatable bonds is 3. The predicted molar refractivity (Wildman–Crippen MR) is 66.3 cm³/mol. The van der Waals surface area contributed by atoms with Gasteiger partial charge in [-0.05, 0) is 23.1 Å². The van der Waals surface area contributed by atoms with Crippen LogP contribution < -0.4 is 0 Å². The summed E-state index contributed by atoms with van der Waals surface area (Å²) >= 11 is 0. The molecule has 0 amide bonds. The molecule has 0 fully saturated rings. The summed E-state index contributed by atoms with van der Waals surface area (Å²) in [6.45, 7) is 14.1. The third-order valence-electron chi connectivity index (χ3n) is 2.30. The minimum atomic E-state index is 0.0947. The Hall–Kier alpha value is -1.57. The van der Waals surface area contributed by atoms with E-state index in [1.807, 2.05) is 6.08 Å². The van der Waals surface area contributed by atoms with E-state index in [0.717, 1.165) is 11.3 Å². The monoisotopic (exact) mass is 202 g/mol. The van der Waals surface area contributed by atoms with Gasteiger partial charge in [0.05, 0.1) is 11.9 Å². The highest BCUT2D eigenvalue weighted by Gasteiger charge is 2.14. The summed E-state index contributed by atoms with van der Waals surface area (Å²) in [5.74, 6) is 0. The zero-order valence-corrected chi connectivity index (χ0v) is 9.67. The maximum absolute atomic E-state index is 3.99. The first kappa shape index (κ1) is 11.5. The van der Waals surface area contributed by atoms with E-state index < -0.39 is 0 Å². The zero-order valence-electron chi connectivity index (χ0n) is 9.67.